The van der Waals surface area contributed by atoms with E-state index < -0.39 is 5.79 Å². The Balaban J connectivity index is 1.74. The second-order valence-electron chi connectivity index (χ2n) is 10.8. The van der Waals surface area contributed by atoms with Gasteiger partial charge in [0, 0.05) is 6.42 Å². The van der Waals surface area contributed by atoms with Crippen LogP contribution >= 0.6 is 15.9 Å². The van der Waals surface area contributed by atoms with Crippen LogP contribution in [0, 0.1) is 34.5 Å². The van der Waals surface area contributed by atoms with Crippen LogP contribution in [0.25, 0.3) is 0 Å². The minimum Gasteiger partial charge on any atom is -0.366 e. The highest BCUT2D eigenvalue weighted by molar-refractivity contribution is 9.10. The number of hydrogen-bond acceptors (Lipinski definition) is 3. The zero-order valence-corrected chi connectivity index (χ0v) is 18.8. The molecule has 0 radical (unpaired) electrons. The summed E-state index contributed by atoms with van der Waals surface area (Å²) in [6.45, 7) is 12.8. The van der Waals surface area contributed by atoms with Gasteiger partial charge in [0.05, 0.1) is 10.9 Å². The lowest BCUT2D eigenvalue weighted by Crippen LogP contribution is -2.60. The van der Waals surface area contributed by atoms with E-state index in [-0.39, 0.29) is 21.8 Å². The molecule has 0 bridgehead atoms. The van der Waals surface area contributed by atoms with Gasteiger partial charge in [0.2, 0.25) is 0 Å². The van der Waals surface area contributed by atoms with E-state index in [9.17, 15) is 9.90 Å². The van der Waals surface area contributed by atoms with Gasteiger partial charge in [0.1, 0.15) is 5.78 Å². The number of fused-ring (bicyclic) bond motifs is 5. The lowest BCUT2D eigenvalue weighted by molar-refractivity contribution is -0.260. The summed E-state index contributed by atoms with van der Waals surface area (Å²) in [5.74, 6) is 1.15. The summed E-state index contributed by atoms with van der Waals surface area (Å²) >= 11 is 3.67. The van der Waals surface area contributed by atoms with Gasteiger partial charge in [-0.2, -0.15) is 0 Å². The van der Waals surface area contributed by atoms with E-state index in [1.165, 1.54) is 24.8 Å². The zero-order valence-electron chi connectivity index (χ0n) is 17.3. The average Bonchev–Trinajstić information content (AvgIpc) is 2.84. The Kier molecular flexibility index (Phi) is 4.77. The second-order valence-corrected chi connectivity index (χ2v) is 11.9. The van der Waals surface area contributed by atoms with Gasteiger partial charge in [0.25, 0.3) is 0 Å². The quantitative estimate of drug-likeness (QED) is 0.363. The van der Waals surface area contributed by atoms with Crippen molar-refractivity contribution in [3.63, 3.8) is 0 Å². The Morgan fingerprint density at radius 3 is 2.63 bits per heavy atom. The predicted molar refractivity (Wildman–Crippen MR) is 111 cm³/mol. The third-order valence-electron chi connectivity index (χ3n) is 8.87. The summed E-state index contributed by atoms with van der Waals surface area (Å²) in [6.07, 6.45) is 7.22. The van der Waals surface area contributed by atoms with Crippen molar-refractivity contribution >= 4 is 21.7 Å². The molecule has 1 N–H and O–H groups in total. The largest absolute Gasteiger partial charge is 0.366 e. The predicted octanol–water partition coefficient (Wildman–Crippen LogP) is 5.25. The number of ether oxygens (including phenoxy) is 1. The summed E-state index contributed by atoms with van der Waals surface area (Å²) in [5, 5.41) is 10.5. The molecule has 4 heteroatoms. The van der Waals surface area contributed by atoms with Crippen molar-refractivity contribution in [1.82, 2.24) is 0 Å². The van der Waals surface area contributed by atoms with Gasteiger partial charge in [-0.05, 0) is 86.9 Å². The first-order chi connectivity index (χ1) is 12.5. The molecular weight excluding hydrogens is 404 g/mol. The number of Topliss-reactive ketones (excluding diaryl/α,β-unsaturated/α-hetero) is 1. The molecule has 27 heavy (non-hydrogen) atoms. The van der Waals surface area contributed by atoms with Crippen LogP contribution in [0.15, 0.2) is 12.2 Å². The maximum Gasteiger partial charge on any atom is 0.160 e. The van der Waals surface area contributed by atoms with Crippen molar-refractivity contribution in [2.24, 2.45) is 34.5 Å². The smallest absolute Gasteiger partial charge is 0.160 e. The highest BCUT2D eigenvalue weighted by atomic mass is 79.9. The Morgan fingerprint density at radius 1 is 1.26 bits per heavy atom. The number of rotatable bonds is 2. The van der Waals surface area contributed by atoms with Gasteiger partial charge in [-0.25, -0.2) is 0 Å². The van der Waals surface area contributed by atoms with Gasteiger partial charge in [-0.1, -0.05) is 41.9 Å². The third kappa shape index (κ3) is 3.09. The van der Waals surface area contributed by atoms with Crippen LogP contribution < -0.4 is 0 Å². The van der Waals surface area contributed by atoms with Crippen molar-refractivity contribution in [3.8, 4) is 0 Å². The fourth-order valence-corrected chi connectivity index (χ4v) is 8.29. The minimum absolute atomic E-state index is 0.00185. The zero-order chi connectivity index (χ0) is 19.8. The number of halogens is 1. The second kappa shape index (κ2) is 6.40. The van der Waals surface area contributed by atoms with E-state index in [4.69, 9.17) is 4.74 Å². The van der Waals surface area contributed by atoms with E-state index in [0.29, 0.717) is 35.9 Å². The number of carbonyl (C=O) groups excluding carboxylic acids is 1. The maximum absolute atomic E-state index is 12.5. The molecule has 4 aliphatic rings. The van der Waals surface area contributed by atoms with Crippen molar-refractivity contribution in [3.05, 3.63) is 12.2 Å². The van der Waals surface area contributed by atoms with Crippen LogP contribution in [0.5, 0.6) is 0 Å². The van der Waals surface area contributed by atoms with Crippen LogP contribution in [0.4, 0.5) is 0 Å². The third-order valence-corrected chi connectivity index (χ3v) is 9.70. The van der Waals surface area contributed by atoms with Gasteiger partial charge in [0.15, 0.2) is 5.79 Å². The molecule has 8 atom stereocenters. The maximum atomic E-state index is 12.5. The van der Waals surface area contributed by atoms with E-state index in [1.807, 2.05) is 0 Å². The molecule has 152 valence electrons. The number of ketones is 1. The number of hydrogen-bond donors (Lipinski definition) is 1. The Bertz CT molecular complexity index is 652. The number of carbonyl (C=O) groups is 1. The number of allylic oxidation sites excluding steroid dienone is 1. The summed E-state index contributed by atoms with van der Waals surface area (Å²) in [5.41, 5.74) is 1.80. The molecule has 0 aromatic heterocycles. The first kappa shape index (κ1) is 20.1. The summed E-state index contributed by atoms with van der Waals surface area (Å²) < 4.78 is 6.30. The molecular formula is C23H35BrO3. The van der Waals surface area contributed by atoms with E-state index in [1.54, 1.807) is 13.8 Å². The molecule has 4 fully saturated rings. The summed E-state index contributed by atoms with van der Waals surface area (Å²) in [6, 6.07) is 0. The minimum atomic E-state index is -1.14. The molecule has 0 heterocycles. The van der Waals surface area contributed by atoms with Gasteiger partial charge in [-0.3, -0.25) is 4.79 Å². The fourth-order valence-electron chi connectivity index (χ4n) is 7.40. The first-order valence-electron chi connectivity index (χ1n) is 10.7. The molecule has 8 unspecified atom stereocenters. The molecule has 4 aliphatic carbocycles. The van der Waals surface area contributed by atoms with Crippen LogP contribution in [0.1, 0.15) is 72.6 Å². The van der Waals surface area contributed by atoms with Crippen LogP contribution in [-0.4, -0.2) is 27.6 Å². The molecule has 0 amide bonds. The highest BCUT2D eigenvalue weighted by Gasteiger charge is 2.63. The Labute approximate surface area is 172 Å². The van der Waals surface area contributed by atoms with Crippen molar-refractivity contribution < 1.29 is 14.6 Å². The monoisotopic (exact) mass is 438 g/mol. The lowest BCUT2D eigenvalue weighted by Gasteiger charge is -2.62. The molecule has 4 saturated carbocycles. The van der Waals surface area contributed by atoms with Gasteiger partial charge < -0.3 is 9.84 Å². The topological polar surface area (TPSA) is 46.5 Å². The van der Waals surface area contributed by atoms with E-state index >= 15 is 0 Å². The SMILES string of the molecule is C=C1CCC2C3C(OC(C)(C)O)CC4CC(=O)C(Br)CC4(C)C3CCC12C. The van der Waals surface area contributed by atoms with E-state index in [2.05, 4.69) is 36.4 Å². The normalized spacial score (nSPS) is 50.1. The molecule has 0 spiro atoms. The molecule has 4 rings (SSSR count). The Morgan fingerprint density at radius 2 is 1.96 bits per heavy atom. The molecule has 0 saturated heterocycles. The number of alkyl halides is 1. The standard InChI is InChI=1S/C23H35BrO3/c1-13-6-7-15-20-16(8-9-22(13,15)4)23(5)12-17(24)18(25)10-14(23)11-19(20)27-21(2,3)26/h14-17,19-20,26H,1,6-12H2,2-5H3. The molecule has 0 aromatic rings. The highest BCUT2D eigenvalue weighted by Crippen LogP contribution is 2.67. The first-order valence-corrected chi connectivity index (χ1v) is 11.6. The van der Waals surface area contributed by atoms with Gasteiger partial charge in [-0.15, -0.1) is 0 Å². The molecule has 0 aromatic carbocycles. The fraction of sp³-hybridized carbons (Fsp3) is 0.870. The van der Waals surface area contributed by atoms with Crippen molar-refractivity contribution in [2.45, 2.75) is 89.4 Å². The Hall–Kier alpha value is -0.190. The number of aliphatic hydroxyl groups is 1. The molecule has 3 nitrogen and oxygen atoms in total. The summed E-state index contributed by atoms with van der Waals surface area (Å²) in [4.78, 5) is 12.5. The van der Waals surface area contributed by atoms with Crippen molar-refractivity contribution in [1.29, 1.82) is 0 Å². The van der Waals surface area contributed by atoms with Crippen LogP contribution in [-0.2, 0) is 9.53 Å². The van der Waals surface area contributed by atoms with Crippen LogP contribution in [0.2, 0.25) is 0 Å². The van der Waals surface area contributed by atoms with Crippen molar-refractivity contribution in [2.75, 3.05) is 0 Å². The lowest BCUT2D eigenvalue weighted by atomic mass is 9.44. The summed E-state index contributed by atoms with van der Waals surface area (Å²) in [7, 11) is 0. The van der Waals surface area contributed by atoms with E-state index in [0.717, 1.165) is 19.3 Å². The van der Waals surface area contributed by atoms with Gasteiger partial charge >= 0.3 is 0 Å². The molecule has 0 aliphatic heterocycles. The average molecular weight is 439 g/mol. The van der Waals surface area contributed by atoms with Crippen LogP contribution in [0.3, 0.4) is 0 Å².